The van der Waals surface area contributed by atoms with Crippen molar-refractivity contribution in [3.05, 3.63) is 10.1 Å². The summed E-state index contributed by atoms with van der Waals surface area (Å²) in [6.07, 6.45) is 0. The largest absolute Gasteiger partial charge is 0.470 e. The molecule has 1 aromatic heterocycles. The summed E-state index contributed by atoms with van der Waals surface area (Å²) in [5.74, 6) is 0.337. The van der Waals surface area contributed by atoms with Crippen LogP contribution in [0.5, 0.6) is 5.19 Å². The van der Waals surface area contributed by atoms with Crippen LogP contribution in [0.3, 0.4) is 0 Å². The summed E-state index contributed by atoms with van der Waals surface area (Å²) in [6, 6.07) is 0. The van der Waals surface area contributed by atoms with Gasteiger partial charge in [-0.05, 0) is 18.3 Å². The first-order valence-corrected chi connectivity index (χ1v) is 4.83. The molecular weight excluding hydrogens is 206 g/mol. The standard InChI is InChI=1S/C7H11N3O3S/c1-4-13-7-8-5(9(2)3)6(14-7)10(11)12/h4H2,1-3H3. The molecule has 14 heavy (non-hydrogen) atoms. The van der Waals surface area contributed by atoms with Crippen molar-refractivity contribution in [2.75, 3.05) is 25.6 Å². The van der Waals surface area contributed by atoms with Gasteiger partial charge in [0.25, 0.3) is 5.19 Å². The van der Waals surface area contributed by atoms with E-state index < -0.39 is 4.92 Å². The van der Waals surface area contributed by atoms with Gasteiger partial charge in [0.15, 0.2) is 0 Å². The Kier molecular flexibility index (Phi) is 3.23. The van der Waals surface area contributed by atoms with Gasteiger partial charge in [-0.3, -0.25) is 10.1 Å². The Labute approximate surface area is 85.3 Å². The summed E-state index contributed by atoms with van der Waals surface area (Å²) < 4.78 is 5.10. The predicted octanol–water partition coefficient (Wildman–Crippen LogP) is 1.52. The Hall–Kier alpha value is -1.37. The van der Waals surface area contributed by atoms with E-state index in [2.05, 4.69) is 4.98 Å². The van der Waals surface area contributed by atoms with Gasteiger partial charge < -0.3 is 9.64 Å². The third-order valence-electron chi connectivity index (χ3n) is 1.43. The summed E-state index contributed by atoms with van der Waals surface area (Å²) in [5.41, 5.74) is 0. The van der Waals surface area contributed by atoms with Crippen LogP contribution in [0.1, 0.15) is 6.92 Å². The minimum absolute atomic E-state index is 0.0125. The highest BCUT2D eigenvalue weighted by Crippen LogP contribution is 2.37. The minimum Gasteiger partial charge on any atom is -0.470 e. The molecular formula is C7H11N3O3S. The lowest BCUT2D eigenvalue weighted by Crippen LogP contribution is -2.10. The second-order valence-electron chi connectivity index (χ2n) is 2.69. The molecule has 0 saturated heterocycles. The molecule has 0 unspecified atom stereocenters. The van der Waals surface area contributed by atoms with Gasteiger partial charge >= 0.3 is 5.00 Å². The van der Waals surface area contributed by atoms with Crippen molar-refractivity contribution in [2.24, 2.45) is 0 Å². The molecule has 0 aliphatic carbocycles. The second-order valence-corrected chi connectivity index (χ2v) is 3.63. The summed E-state index contributed by atoms with van der Waals surface area (Å²) in [6.45, 7) is 2.26. The zero-order valence-electron chi connectivity index (χ0n) is 8.18. The van der Waals surface area contributed by atoms with Crippen LogP contribution in [-0.2, 0) is 0 Å². The van der Waals surface area contributed by atoms with Gasteiger partial charge in [0.2, 0.25) is 5.82 Å². The number of thiazole rings is 1. The highest BCUT2D eigenvalue weighted by molar-refractivity contribution is 7.17. The molecule has 0 aliphatic rings. The zero-order chi connectivity index (χ0) is 10.7. The summed E-state index contributed by atoms with van der Waals surface area (Å²) in [4.78, 5) is 15.8. The number of rotatable bonds is 4. The lowest BCUT2D eigenvalue weighted by atomic mass is 10.6. The number of hydrogen-bond acceptors (Lipinski definition) is 6. The van der Waals surface area contributed by atoms with Gasteiger partial charge in [0.05, 0.1) is 11.5 Å². The lowest BCUT2D eigenvalue weighted by Gasteiger charge is -2.05. The third kappa shape index (κ3) is 2.11. The molecule has 0 fully saturated rings. The van der Waals surface area contributed by atoms with E-state index >= 15 is 0 Å². The van der Waals surface area contributed by atoms with Gasteiger partial charge in [0.1, 0.15) is 0 Å². The van der Waals surface area contributed by atoms with E-state index in [4.69, 9.17) is 4.74 Å². The first-order chi connectivity index (χ1) is 6.56. The van der Waals surface area contributed by atoms with E-state index in [1.807, 2.05) is 6.92 Å². The Bertz CT molecular complexity index is 337. The average Bonchev–Trinajstić information content (AvgIpc) is 2.49. The van der Waals surface area contributed by atoms with Gasteiger partial charge in [0, 0.05) is 14.1 Å². The lowest BCUT2D eigenvalue weighted by molar-refractivity contribution is -0.379. The molecule has 0 N–H and O–H groups in total. The fraction of sp³-hybridized carbons (Fsp3) is 0.571. The number of nitro groups is 1. The molecule has 1 aromatic rings. The highest BCUT2D eigenvalue weighted by Gasteiger charge is 2.23. The average molecular weight is 217 g/mol. The van der Waals surface area contributed by atoms with E-state index in [9.17, 15) is 10.1 Å². The SMILES string of the molecule is CCOc1nc(N(C)C)c([N+](=O)[O-])s1. The van der Waals surface area contributed by atoms with Crippen LogP contribution < -0.4 is 9.64 Å². The van der Waals surface area contributed by atoms with Crippen molar-refractivity contribution >= 4 is 22.2 Å². The molecule has 7 heteroatoms. The van der Waals surface area contributed by atoms with Crippen LogP contribution in [0.25, 0.3) is 0 Å². The quantitative estimate of drug-likeness (QED) is 0.565. The number of hydrogen-bond donors (Lipinski definition) is 0. The topological polar surface area (TPSA) is 68.5 Å². The van der Waals surface area contributed by atoms with Crippen molar-refractivity contribution in [2.45, 2.75) is 6.92 Å². The molecule has 0 aromatic carbocycles. The van der Waals surface area contributed by atoms with Crippen molar-refractivity contribution in [3.8, 4) is 5.19 Å². The van der Waals surface area contributed by atoms with Crippen molar-refractivity contribution in [1.82, 2.24) is 4.98 Å². The highest BCUT2D eigenvalue weighted by atomic mass is 32.1. The van der Waals surface area contributed by atoms with Crippen molar-refractivity contribution in [1.29, 1.82) is 0 Å². The molecule has 1 rings (SSSR count). The zero-order valence-corrected chi connectivity index (χ0v) is 9.00. The first kappa shape index (κ1) is 10.7. The van der Waals surface area contributed by atoms with Crippen molar-refractivity contribution < 1.29 is 9.66 Å². The van der Waals surface area contributed by atoms with Crippen LogP contribution in [-0.4, -0.2) is 30.6 Å². The molecule has 0 aliphatic heterocycles. The Morgan fingerprint density at radius 1 is 1.64 bits per heavy atom. The molecule has 0 amide bonds. The monoisotopic (exact) mass is 217 g/mol. The fourth-order valence-electron chi connectivity index (χ4n) is 0.881. The third-order valence-corrected chi connectivity index (χ3v) is 2.34. The molecule has 0 radical (unpaired) electrons. The maximum absolute atomic E-state index is 10.6. The second kappa shape index (κ2) is 4.23. The molecule has 6 nitrogen and oxygen atoms in total. The first-order valence-electron chi connectivity index (χ1n) is 4.01. The van der Waals surface area contributed by atoms with E-state index in [1.54, 1.807) is 19.0 Å². The van der Waals surface area contributed by atoms with Gasteiger partial charge in [-0.1, -0.05) is 0 Å². The van der Waals surface area contributed by atoms with Gasteiger partial charge in [-0.15, -0.1) is 0 Å². The number of anilines is 1. The van der Waals surface area contributed by atoms with Crippen LogP contribution in [0, 0.1) is 10.1 Å². The molecule has 1 heterocycles. The van der Waals surface area contributed by atoms with E-state index in [-0.39, 0.29) is 5.00 Å². The summed E-state index contributed by atoms with van der Waals surface area (Å²) in [5, 5.41) is 11.0. The molecule has 0 spiro atoms. The van der Waals surface area contributed by atoms with Gasteiger partial charge in [-0.2, -0.15) is 4.98 Å². The van der Waals surface area contributed by atoms with Crippen LogP contribution >= 0.6 is 11.3 Å². The normalized spacial score (nSPS) is 9.93. The summed E-state index contributed by atoms with van der Waals surface area (Å²) >= 11 is 0.946. The molecule has 0 bridgehead atoms. The maximum Gasteiger partial charge on any atom is 0.371 e. The fourth-order valence-corrected chi connectivity index (χ4v) is 1.75. The Morgan fingerprint density at radius 3 is 2.64 bits per heavy atom. The minimum atomic E-state index is -0.449. The smallest absolute Gasteiger partial charge is 0.371 e. The Morgan fingerprint density at radius 2 is 2.29 bits per heavy atom. The number of ether oxygens (including phenoxy) is 1. The van der Waals surface area contributed by atoms with E-state index in [0.29, 0.717) is 17.6 Å². The predicted molar refractivity (Wildman–Crippen MR) is 54.3 cm³/mol. The maximum atomic E-state index is 10.6. The molecule has 0 atom stereocenters. The van der Waals surface area contributed by atoms with E-state index in [0.717, 1.165) is 11.3 Å². The molecule has 78 valence electrons. The summed E-state index contributed by atoms with van der Waals surface area (Å²) in [7, 11) is 3.41. The van der Waals surface area contributed by atoms with E-state index in [1.165, 1.54) is 0 Å². The van der Waals surface area contributed by atoms with Crippen LogP contribution in [0.4, 0.5) is 10.8 Å². The van der Waals surface area contributed by atoms with Gasteiger partial charge in [-0.25, -0.2) is 0 Å². The number of nitrogens with zero attached hydrogens (tertiary/aromatic N) is 3. The number of aromatic nitrogens is 1. The van der Waals surface area contributed by atoms with Crippen LogP contribution in [0.15, 0.2) is 0 Å². The Balaban J connectivity index is 3.06. The molecule has 0 saturated carbocycles. The van der Waals surface area contributed by atoms with Crippen molar-refractivity contribution in [3.63, 3.8) is 0 Å². The van der Waals surface area contributed by atoms with Crippen LogP contribution in [0.2, 0.25) is 0 Å².